The van der Waals surface area contributed by atoms with Gasteiger partial charge < -0.3 is 15.4 Å². The normalized spacial score (nSPS) is 13.9. The summed E-state index contributed by atoms with van der Waals surface area (Å²) >= 11 is 1.36. The van der Waals surface area contributed by atoms with Gasteiger partial charge in [0.2, 0.25) is 5.91 Å². The molecule has 2 aromatic rings. The van der Waals surface area contributed by atoms with Gasteiger partial charge in [0.15, 0.2) is 5.13 Å². The van der Waals surface area contributed by atoms with Gasteiger partial charge >= 0.3 is 0 Å². The van der Waals surface area contributed by atoms with E-state index in [1.807, 2.05) is 28.5 Å². The predicted molar refractivity (Wildman–Crippen MR) is 83.9 cm³/mol. The first-order chi connectivity index (χ1) is 10.2. The van der Waals surface area contributed by atoms with Gasteiger partial charge in [0.05, 0.1) is 19.2 Å². The van der Waals surface area contributed by atoms with Crippen molar-refractivity contribution in [3.8, 4) is 5.75 Å². The van der Waals surface area contributed by atoms with Crippen LogP contribution in [0.4, 0.5) is 10.8 Å². The van der Waals surface area contributed by atoms with E-state index in [2.05, 4.69) is 4.98 Å². The van der Waals surface area contributed by atoms with Gasteiger partial charge in [0.1, 0.15) is 5.75 Å². The minimum absolute atomic E-state index is 0.0615. The first kappa shape index (κ1) is 13.9. The number of methoxy groups -OCH3 is 1. The van der Waals surface area contributed by atoms with Crippen LogP contribution in [0.2, 0.25) is 0 Å². The lowest BCUT2D eigenvalue weighted by atomic mass is 10.0. The second kappa shape index (κ2) is 5.73. The Morgan fingerprint density at radius 3 is 3.10 bits per heavy atom. The third-order valence-electron chi connectivity index (χ3n) is 3.61. The molecular weight excluding hydrogens is 286 g/mol. The van der Waals surface area contributed by atoms with E-state index in [9.17, 15) is 4.79 Å². The lowest BCUT2D eigenvalue weighted by Crippen LogP contribution is -2.36. The maximum absolute atomic E-state index is 12.5. The van der Waals surface area contributed by atoms with Crippen molar-refractivity contribution in [3.63, 3.8) is 0 Å². The molecule has 1 aromatic heterocycles. The number of nitrogen functional groups attached to an aromatic ring is 1. The van der Waals surface area contributed by atoms with Crippen molar-refractivity contribution < 1.29 is 9.53 Å². The van der Waals surface area contributed by atoms with Crippen LogP contribution in [0.1, 0.15) is 17.7 Å². The van der Waals surface area contributed by atoms with Crippen LogP contribution in [0.25, 0.3) is 0 Å². The van der Waals surface area contributed by atoms with E-state index in [1.165, 1.54) is 11.3 Å². The number of fused-ring (bicyclic) bond motifs is 1. The second-order valence-corrected chi connectivity index (χ2v) is 5.89. The van der Waals surface area contributed by atoms with Gasteiger partial charge in [0.25, 0.3) is 0 Å². The number of aryl methyl sites for hydroxylation is 1. The summed E-state index contributed by atoms with van der Waals surface area (Å²) in [5.41, 5.74) is 8.49. The molecule has 0 saturated carbocycles. The zero-order valence-electron chi connectivity index (χ0n) is 11.8. The van der Waals surface area contributed by atoms with Gasteiger partial charge in [-0.25, -0.2) is 4.98 Å². The molecule has 0 bridgehead atoms. The van der Waals surface area contributed by atoms with E-state index in [-0.39, 0.29) is 5.91 Å². The van der Waals surface area contributed by atoms with Crippen molar-refractivity contribution in [2.75, 3.05) is 24.3 Å². The predicted octanol–water partition coefficient (Wildman–Crippen LogP) is 2.26. The molecular formula is C15H17N3O2S. The molecule has 0 spiro atoms. The minimum atomic E-state index is 0.0615. The molecule has 0 fully saturated rings. The summed E-state index contributed by atoms with van der Waals surface area (Å²) in [5, 5.41) is 2.34. The Hall–Kier alpha value is -2.08. The highest BCUT2D eigenvalue weighted by atomic mass is 32.1. The Morgan fingerprint density at radius 2 is 2.38 bits per heavy atom. The molecule has 6 heteroatoms. The molecule has 110 valence electrons. The number of nitrogens with two attached hydrogens (primary N) is 1. The van der Waals surface area contributed by atoms with E-state index in [4.69, 9.17) is 10.5 Å². The van der Waals surface area contributed by atoms with E-state index in [0.29, 0.717) is 11.6 Å². The highest BCUT2D eigenvalue weighted by Gasteiger charge is 2.23. The van der Waals surface area contributed by atoms with Crippen molar-refractivity contribution in [1.82, 2.24) is 4.98 Å². The third kappa shape index (κ3) is 2.85. The molecule has 2 N–H and O–H groups in total. The van der Waals surface area contributed by atoms with Gasteiger partial charge in [-0.15, -0.1) is 11.3 Å². The average molecular weight is 303 g/mol. The fraction of sp³-hybridized carbons (Fsp3) is 0.333. The van der Waals surface area contributed by atoms with Crippen LogP contribution in [0, 0.1) is 0 Å². The first-order valence-electron chi connectivity index (χ1n) is 6.84. The number of carbonyl (C=O) groups excluding carboxylic acids is 1. The van der Waals surface area contributed by atoms with E-state index in [1.54, 1.807) is 7.11 Å². The minimum Gasteiger partial charge on any atom is -0.497 e. The van der Waals surface area contributed by atoms with E-state index in [0.717, 1.165) is 42.1 Å². The fourth-order valence-electron chi connectivity index (χ4n) is 2.61. The molecule has 5 nitrogen and oxygen atoms in total. The van der Waals surface area contributed by atoms with Gasteiger partial charge in [-0.05, 0) is 36.6 Å². The third-order valence-corrected chi connectivity index (χ3v) is 4.33. The summed E-state index contributed by atoms with van der Waals surface area (Å²) < 4.78 is 5.25. The number of rotatable bonds is 3. The number of carbonyl (C=O) groups is 1. The van der Waals surface area contributed by atoms with E-state index < -0.39 is 0 Å². The standard InChI is InChI=1S/C15H17N3O2S/c1-20-12-4-5-13-10(7-12)3-2-6-18(13)14(19)8-11-9-21-15(16)17-11/h4-5,7,9H,2-3,6,8H2,1H3,(H2,16,17). The van der Waals surface area contributed by atoms with Crippen LogP contribution < -0.4 is 15.4 Å². The molecule has 21 heavy (non-hydrogen) atoms. The summed E-state index contributed by atoms with van der Waals surface area (Å²) in [7, 11) is 1.65. The van der Waals surface area contributed by atoms with Crippen molar-refractivity contribution in [1.29, 1.82) is 0 Å². The molecule has 1 aliphatic rings. The topological polar surface area (TPSA) is 68.5 Å². The number of hydrogen-bond donors (Lipinski definition) is 1. The SMILES string of the molecule is COc1ccc2c(c1)CCCN2C(=O)Cc1csc(N)n1. The summed E-state index contributed by atoms with van der Waals surface area (Å²) in [4.78, 5) is 18.5. The summed E-state index contributed by atoms with van der Waals surface area (Å²) in [5.74, 6) is 0.891. The molecule has 1 aromatic carbocycles. The molecule has 0 aliphatic carbocycles. The number of nitrogens with zero attached hydrogens (tertiary/aromatic N) is 2. The maximum Gasteiger partial charge on any atom is 0.233 e. The van der Waals surface area contributed by atoms with Gasteiger partial charge in [-0.3, -0.25) is 4.79 Å². The monoisotopic (exact) mass is 303 g/mol. The largest absolute Gasteiger partial charge is 0.497 e. The summed E-state index contributed by atoms with van der Waals surface area (Å²) in [6.45, 7) is 0.748. The highest BCUT2D eigenvalue weighted by Crippen LogP contribution is 2.31. The fourth-order valence-corrected chi connectivity index (χ4v) is 3.18. The number of benzene rings is 1. The van der Waals surface area contributed by atoms with Crippen LogP contribution >= 0.6 is 11.3 Å². The van der Waals surface area contributed by atoms with Crippen LogP contribution in [-0.2, 0) is 17.6 Å². The zero-order chi connectivity index (χ0) is 14.8. The molecule has 2 heterocycles. The second-order valence-electron chi connectivity index (χ2n) is 5.00. The summed E-state index contributed by atoms with van der Waals surface area (Å²) in [6.07, 6.45) is 2.23. The number of amides is 1. The number of anilines is 2. The lowest BCUT2D eigenvalue weighted by molar-refractivity contribution is -0.118. The van der Waals surface area contributed by atoms with Gasteiger partial charge in [-0.1, -0.05) is 0 Å². The zero-order valence-corrected chi connectivity index (χ0v) is 12.7. The van der Waals surface area contributed by atoms with Crippen molar-refractivity contribution in [3.05, 3.63) is 34.8 Å². The van der Waals surface area contributed by atoms with E-state index >= 15 is 0 Å². The van der Waals surface area contributed by atoms with Crippen LogP contribution in [0.3, 0.4) is 0 Å². The number of thiazole rings is 1. The number of hydrogen-bond acceptors (Lipinski definition) is 5. The van der Waals surface area contributed by atoms with Crippen molar-refractivity contribution in [2.45, 2.75) is 19.3 Å². The smallest absolute Gasteiger partial charge is 0.233 e. The number of aromatic nitrogens is 1. The molecule has 1 aliphatic heterocycles. The Bertz CT molecular complexity index is 669. The Kier molecular flexibility index (Phi) is 3.79. The Morgan fingerprint density at radius 1 is 1.52 bits per heavy atom. The van der Waals surface area contributed by atoms with Crippen LogP contribution in [0.15, 0.2) is 23.6 Å². The quantitative estimate of drug-likeness (QED) is 0.944. The molecule has 0 atom stereocenters. The molecule has 0 radical (unpaired) electrons. The molecule has 3 rings (SSSR count). The summed E-state index contributed by atoms with van der Waals surface area (Å²) in [6, 6.07) is 5.86. The van der Waals surface area contributed by atoms with Gasteiger partial charge in [0, 0.05) is 17.6 Å². The molecule has 0 saturated heterocycles. The average Bonchev–Trinajstić information content (AvgIpc) is 2.91. The first-order valence-corrected chi connectivity index (χ1v) is 7.72. The highest BCUT2D eigenvalue weighted by molar-refractivity contribution is 7.13. The molecule has 1 amide bonds. The van der Waals surface area contributed by atoms with Gasteiger partial charge in [-0.2, -0.15) is 0 Å². The van der Waals surface area contributed by atoms with Crippen molar-refractivity contribution >= 4 is 28.1 Å². The maximum atomic E-state index is 12.5. The van der Waals surface area contributed by atoms with Crippen LogP contribution in [-0.4, -0.2) is 24.5 Å². The van der Waals surface area contributed by atoms with Crippen molar-refractivity contribution in [2.24, 2.45) is 0 Å². The van der Waals surface area contributed by atoms with Crippen LogP contribution in [0.5, 0.6) is 5.75 Å². The Balaban J connectivity index is 1.82. The lowest BCUT2D eigenvalue weighted by Gasteiger charge is -2.29. The Labute approximate surface area is 127 Å². The number of ether oxygens (including phenoxy) is 1. The molecule has 0 unspecified atom stereocenters.